The van der Waals surface area contributed by atoms with Gasteiger partial charge in [0.15, 0.2) is 0 Å². The Labute approximate surface area is 87.3 Å². The number of pyridine rings is 1. The number of aromatic nitrogens is 1. The molecule has 1 heterocycles. The van der Waals surface area contributed by atoms with Crippen LogP contribution < -0.4 is 11.1 Å². The Morgan fingerprint density at radius 3 is 3.14 bits per heavy atom. The van der Waals surface area contributed by atoms with Gasteiger partial charge in [-0.1, -0.05) is 0 Å². The molecule has 1 amide bonds. The lowest BCUT2D eigenvalue weighted by atomic mass is 10.4. The first-order valence-corrected chi connectivity index (χ1v) is 5.25. The van der Waals surface area contributed by atoms with Crippen LogP contribution in [-0.2, 0) is 4.79 Å². The lowest BCUT2D eigenvalue weighted by Gasteiger charge is -2.04. The zero-order chi connectivity index (χ0) is 10.4. The SMILES string of the molecule is CC(=O)NCCSc1ccncc1N. The van der Waals surface area contributed by atoms with Crippen LogP contribution in [-0.4, -0.2) is 23.2 Å². The van der Waals surface area contributed by atoms with E-state index < -0.39 is 0 Å². The van der Waals surface area contributed by atoms with E-state index in [1.165, 1.54) is 6.92 Å². The lowest BCUT2D eigenvalue weighted by Crippen LogP contribution is -2.22. The number of nitrogen functional groups attached to an aromatic ring is 1. The predicted molar refractivity (Wildman–Crippen MR) is 58.1 cm³/mol. The van der Waals surface area contributed by atoms with Crippen molar-refractivity contribution in [2.24, 2.45) is 0 Å². The average molecular weight is 211 g/mol. The zero-order valence-corrected chi connectivity index (χ0v) is 8.80. The van der Waals surface area contributed by atoms with E-state index in [1.54, 1.807) is 24.2 Å². The quantitative estimate of drug-likeness (QED) is 0.573. The summed E-state index contributed by atoms with van der Waals surface area (Å²) in [6.07, 6.45) is 3.33. The van der Waals surface area contributed by atoms with E-state index in [2.05, 4.69) is 10.3 Å². The number of carbonyl (C=O) groups is 1. The number of nitrogens with zero attached hydrogens (tertiary/aromatic N) is 1. The number of nitrogens with one attached hydrogen (secondary N) is 1. The molecule has 1 aromatic heterocycles. The van der Waals surface area contributed by atoms with E-state index in [-0.39, 0.29) is 5.91 Å². The van der Waals surface area contributed by atoms with Gasteiger partial charge in [-0.15, -0.1) is 11.8 Å². The second-order valence-electron chi connectivity index (χ2n) is 2.74. The Morgan fingerprint density at radius 1 is 1.71 bits per heavy atom. The van der Waals surface area contributed by atoms with Crippen molar-refractivity contribution in [1.82, 2.24) is 10.3 Å². The molecule has 0 bridgehead atoms. The summed E-state index contributed by atoms with van der Waals surface area (Å²) in [7, 11) is 0. The van der Waals surface area contributed by atoms with Crippen LogP contribution in [0.5, 0.6) is 0 Å². The molecule has 4 nitrogen and oxygen atoms in total. The molecule has 0 fully saturated rings. The Kier molecular flexibility index (Phi) is 4.25. The first-order chi connectivity index (χ1) is 6.70. The van der Waals surface area contributed by atoms with Crippen molar-refractivity contribution in [3.05, 3.63) is 18.5 Å². The number of thioether (sulfide) groups is 1. The molecule has 0 saturated carbocycles. The smallest absolute Gasteiger partial charge is 0.216 e. The molecule has 0 radical (unpaired) electrons. The fourth-order valence-corrected chi connectivity index (χ4v) is 1.71. The van der Waals surface area contributed by atoms with Gasteiger partial charge >= 0.3 is 0 Å². The van der Waals surface area contributed by atoms with Crippen molar-refractivity contribution in [2.45, 2.75) is 11.8 Å². The molecular formula is C9H13N3OS. The molecule has 0 spiro atoms. The van der Waals surface area contributed by atoms with Gasteiger partial charge in [0.05, 0.1) is 11.9 Å². The van der Waals surface area contributed by atoms with Crippen molar-refractivity contribution < 1.29 is 4.79 Å². The largest absolute Gasteiger partial charge is 0.397 e. The third kappa shape index (κ3) is 3.66. The van der Waals surface area contributed by atoms with E-state index in [9.17, 15) is 4.79 Å². The number of nitrogens with two attached hydrogens (primary N) is 1. The lowest BCUT2D eigenvalue weighted by molar-refractivity contribution is -0.118. The van der Waals surface area contributed by atoms with Gasteiger partial charge in [-0.25, -0.2) is 0 Å². The van der Waals surface area contributed by atoms with E-state index in [0.717, 1.165) is 10.6 Å². The summed E-state index contributed by atoms with van der Waals surface area (Å²) in [6.45, 7) is 2.16. The number of amides is 1. The summed E-state index contributed by atoms with van der Waals surface area (Å²) in [6, 6.07) is 1.87. The Hall–Kier alpha value is -1.23. The molecule has 0 saturated heterocycles. The Balaban J connectivity index is 2.31. The molecule has 0 aliphatic carbocycles. The number of hydrogen-bond donors (Lipinski definition) is 2. The number of rotatable bonds is 4. The molecule has 0 atom stereocenters. The molecular weight excluding hydrogens is 198 g/mol. The maximum Gasteiger partial charge on any atom is 0.216 e. The summed E-state index contributed by atoms with van der Waals surface area (Å²) >= 11 is 1.61. The maximum atomic E-state index is 10.6. The first-order valence-electron chi connectivity index (χ1n) is 4.27. The standard InChI is InChI=1S/C9H13N3OS/c1-7(13)12-4-5-14-9-2-3-11-6-8(9)10/h2-3,6H,4-5,10H2,1H3,(H,12,13). The third-order valence-corrected chi connectivity index (χ3v) is 2.63. The average Bonchev–Trinajstić information content (AvgIpc) is 2.15. The topological polar surface area (TPSA) is 68.0 Å². The van der Waals surface area contributed by atoms with E-state index >= 15 is 0 Å². The van der Waals surface area contributed by atoms with Crippen LogP contribution in [0.25, 0.3) is 0 Å². The minimum Gasteiger partial charge on any atom is -0.397 e. The van der Waals surface area contributed by atoms with E-state index in [0.29, 0.717) is 12.2 Å². The summed E-state index contributed by atoms with van der Waals surface area (Å²) in [5.41, 5.74) is 6.37. The highest BCUT2D eigenvalue weighted by atomic mass is 32.2. The summed E-state index contributed by atoms with van der Waals surface area (Å²) in [5.74, 6) is 0.807. The van der Waals surface area contributed by atoms with Gasteiger partial charge in [-0.05, 0) is 6.07 Å². The van der Waals surface area contributed by atoms with Crippen molar-refractivity contribution in [3.8, 4) is 0 Å². The van der Waals surface area contributed by atoms with E-state index in [4.69, 9.17) is 5.73 Å². The molecule has 0 aliphatic rings. The highest BCUT2D eigenvalue weighted by molar-refractivity contribution is 7.99. The Morgan fingerprint density at radius 2 is 2.50 bits per heavy atom. The minimum atomic E-state index is -0.00620. The van der Waals surface area contributed by atoms with Crippen LogP contribution in [0, 0.1) is 0 Å². The number of carbonyl (C=O) groups excluding carboxylic acids is 1. The Bertz CT molecular complexity index is 317. The van der Waals surface area contributed by atoms with Crippen LogP contribution in [0.1, 0.15) is 6.92 Å². The molecule has 1 aromatic rings. The highest BCUT2D eigenvalue weighted by Gasteiger charge is 1.98. The second-order valence-corrected chi connectivity index (χ2v) is 3.88. The molecule has 0 aliphatic heterocycles. The summed E-state index contributed by atoms with van der Waals surface area (Å²) in [5, 5.41) is 2.72. The van der Waals surface area contributed by atoms with Gasteiger partial charge in [-0.3, -0.25) is 9.78 Å². The van der Waals surface area contributed by atoms with Crippen molar-refractivity contribution in [2.75, 3.05) is 18.0 Å². The van der Waals surface area contributed by atoms with Crippen molar-refractivity contribution >= 4 is 23.4 Å². The van der Waals surface area contributed by atoms with Crippen LogP contribution in [0.15, 0.2) is 23.4 Å². The third-order valence-electron chi connectivity index (χ3n) is 1.54. The van der Waals surface area contributed by atoms with E-state index in [1.807, 2.05) is 6.07 Å². The molecule has 5 heteroatoms. The van der Waals surface area contributed by atoms with Gasteiger partial charge in [0.25, 0.3) is 0 Å². The second kappa shape index (κ2) is 5.49. The number of hydrogen-bond acceptors (Lipinski definition) is 4. The highest BCUT2D eigenvalue weighted by Crippen LogP contribution is 2.22. The monoisotopic (exact) mass is 211 g/mol. The summed E-state index contributed by atoms with van der Waals surface area (Å²) in [4.78, 5) is 15.5. The molecule has 0 aromatic carbocycles. The van der Waals surface area contributed by atoms with Gasteiger partial charge in [0.2, 0.25) is 5.91 Å². The maximum absolute atomic E-state index is 10.6. The molecule has 76 valence electrons. The molecule has 0 unspecified atom stereocenters. The fraction of sp³-hybridized carbons (Fsp3) is 0.333. The zero-order valence-electron chi connectivity index (χ0n) is 7.99. The first kappa shape index (κ1) is 10.8. The van der Waals surface area contributed by atoms with Gasteiger partial charge < -0.3 is 11.1 Å². The van der Waals surface area contributed by atoms with Crippen molar-refractivity contribution in [3.63, 3.8) is 0 Å². The number of anilines is 1. The molecule has 14 heavy (non-hydrogen) atoms. The van der Waals surface area contributed by atoms with Crippen LogP contribution in [0.4, 0.5) is 5.69 Å². The fourth-order valence-electron chi connectivity index (χ4n) is 0.913. The van der Waals surface area contributed by atoms with Crippen LogP contribution in [0.3, 0.4) is 0 Å². The van der Waals surface area contributed by atoms with Gasteiger partial charge in [0.1, 0.15) is 0 Å². The van der Waals surface area contributed by atoms with Crippen LogP contribution in [0.2, 0.25) is 0 Å². The van der Waals surface area contributed by atoms with Crippen molar-refractivity contribution in [1.29, 1.82) is 0 Å². The van der Waals surface area contributed by atoms with Gasteiger partial charge in [-0.2, -0.15) is 0 Å². The minimum absolute atomic E-state index is 0.00620. The van der Waals surface area contributed by atoms with Gasteiger partial charge in [0, 0.05) is 30.3 Å². The molecule has 3 N–H and O–H groups in total. The van der Waals surface area contributed by atoms with Crippen LogP contribution >= 0.6 is 11.8 Å². The molecule has 1 rings (SSSR count). The predicted octanol–water partition coefficient (Wildman–Crippen LogP) is 0.892. The normalized spacial score (nSPS) is 9.79. The summed E-state index contributed by atoms with van der Waals surface area (Å²) < 4.78 is 0.